The summed E-state index contributed by atoms with van der Waals surface area (Å²) in [4.78, 5) is 8.30. The zero-order valence-electron chi connectivity index (χ0n) is 9.81. The van der Waals surface area contributed by atoms with E-state index in [1.165, 1.54) is 12.1 Å². The zero-order valence-corrected chi connectivity index (χ0v) is 9.81. The van der Waals surface area contributed by atoms with Crippen LogP contribution in [0.2, 0.25) is 0 Å². The molecule has 0 amide bonds. The van der Waals surface area contributed by atoms with Gasteiger partial charge in [0.2, 0.25) is 5.95 Å². The monoisotopic (exact) mass is 231 g/mol. The first-order valence-corrected chi connectivity index (χ1v) is 5.46. The second kappa shape index (κ2) is 4.91. The number of anilines is 1. The van der Waals surface area contributed by atoms with Crippen LogP contribution < -0.4 is 5.32 Å². The average Bonchev–Trinajstić information content (AvgIpc) is 2.32. The van der Waals surface area contributed by atoms with E-state index < -0.39 is 0 Å². The van der Waals surface area contributed by atoms with E-state index in [0.717, 1.165) is 11.1 Å². The number of aryl methyl sites for hydroxylation is 1. The number of nitrogens with zero attached hydrogens (tertiary/aromatic N) is 2. The Bertz CT molecular complexity index is 496. The lowest BCUT2D eigenvalue weighted by molar-refractivity contribution is 0.623. The molecule has 0 aliphatic rings. The third-order valence-corrected chi connectivity index (χ3v) is 2.48. The SMILES string of the molecule is Cc1cnc(NC(C)c2cccc(F)c2)nc1. The normalized spacial score (nSPS) is 12.2. The van der Waals surface area contributed by atoms with Crippen molar-refractivity contribution in [1.82, 2.24) is 9.97 Å². The van der Waals surface area contributed by atoms with Crippen molar-refractivity contribution in [3.63, 3.8) is 0 Å². The highest BCUT2D eigenvalue weighted by atomic mass is 19.1. The van der Waals surface area contributed by atoms with E-state index in [0.29, 0.717) is 5.95 Å². The first-order chi connectivity index (χ1) is 8.15. The lowest BCUT2D eigenvalue weighted by atomic mass is 10.1. The lowest BCUT2D eigenvalue weighted by Crippen LogP contribution is -2.09. The highest BCUT2D eigenvalue weighted by molar-refractivity contribution is 5.31. The van der Waals surface area contributed by atoms with Gasteiger partial charge in [0.1, 0.15) is 5.82 Å². The summed E-state index contributed by atoms with van der Waals surface area (Å²) in [5.41, 5.74) is 1.88. The van der Waals surface area contributed by atoms with Crippen LogP contribution in [0.15, 0.2) is 36.7 Å². The fourth-order valence-corrected chi connectivity index (χ4v) is 1.52. The van der Waals surface area contributed by atoms with E-state index in [2.05, 4.69) is 15.3 Å². The van der Waals surface area contributed by atoms with Crippen molar-refractivity contribution >= 4 is 5.95 Å². The summed E-state index contributed by atoms with van der Waals surface area (Å²) >= 11 is 0. The number of hydrogen-bond donors (Lipinski definition) is 1. The van der Waals surface area contributed by atoms with Crippen LogP contribution in [0.5, 0.6) is 0 Å². The van der Waals surface area contributed by atoms with Crippen molar-refractivity contribution in [2.45, 2.75) is 19.9 Å². The Morgan fingerprint density at radius 3 is 2.59 bits per heavy atom. The maximum atomic E-state index is 13.1. The summed E-state index contributed by atoms with van der Waals surface area (Å²) in [6.07, 6.45) is 3.49. The molecule has 1 N–H and O–H groups in total. The third-order valence-electron chi connectivity index (χ3n) is 2.48. The molecular weight excluding hydrogens is 217 g/mol. The van der Waals surface area contributed by atoms with Crippen LogP contribution in [0.3, 0.4) is 0 Å². The minimum absolute atomic E-state index is 0.0339. The van der Waals surface area contributed by atoms with Crippen LogP contribution in [0.4, 0.5) is 10.3 Å². The van der Waals surface area contributed by atoms with Gasteiger partial charge in [-0.15, -0.1) is 0 Å². The molecule has 2 rings (SSSR count). The Labute approximate surface area is 99.7 Å². The maximum absolute atomic E-state index is 13.1. The Kier molecular flexibility index (Phi) is 3.32. The number of aromatic nitrogens is 2. The van der Waals surface area contributed by atoms with E-state index >= 15 is 0 Å². The molecule has 1 atom stereocenters. The topological polar surface area (TPSA) is 37.8 Å². The van der Waals surface area contributed by atoms with Crippen LogP contribution in [-0.4, -0.2) is 9.97 Å². The maximum Gasteiger partial charge on any atom is 0.223 e. The molecule has 1 unspecified atom stereocenters. The van der Waals surface area contributed by atoms with Crippen molar-refractivity contribution in [2.75, 3.05) is 5.32 Å². The summed E-state index contributed by atoms with van der Waals surface area (Å²) in [6.45, 7) is 3.87. The molecule has 0 aliphatic heterocycles. The van der Waals surface area contributed by atoms with Gasteiger partial charge < -0.3 is 5.32 Å². The molecule has 0 aliphatic carbocycles. The van der Waals surface area contributed by atoms with Gasteiger partial charge in [-0.2, -0.15) is 0 Å². The van der Waals surface area contributed by atoms with E-state index in [4.69, 9.17) is 0 Å². The van der Waals surface area contributed by atoms with Crippen LogP contribution in [-0.2, 0) is 0 Å². The van der Waals surface area contributed by atoms with E-state index in [-0.39, 0.29) is 11.9 Å². The number of hydrogen-bond acceptors (Lipinski definition) is 3. The Morgan fingerprint density at radius 1 is 1.24 bits per heavy atom. The van der Waals surface area contributed by atoms with Crippen molar-refractivity contribution in [2.24, 2.45) is 0 Å². The Balaban J connectivity index is 2.11. The van der Waals surface area contributed by atoms with E-state index in [1.807, 2.05) is 19.9 Å². The highest BCUT2D eigenvalue weighted by Crippen LogP contribution is 2.17. The lowest BCUT2D eigenvalue weighted by Gasteiger charge is -2.14. The van der Waals surface area contributed by atoms with E-state index in [1.54, 1.807) is 18.5 Å². The highest BCUT2D eigenvalue weighted by Gasteiger charge is 2.07. The van der Waals surface area contributed by atoms with Crippen molar-refractivity contribution in [1.29, 1.82) is 0 Å². The summed E-state index contributed by atoms with van der Waals surface area (Å²) in [6, 6.07) is 6.46. The fourth-order valence-electron chi connectivity index (χ4n) is 1.52. The molecule has 1 aromatic heterocycles. The molecule has 1 aromatic carbocycles. The molecule has 0 radical (unpaired) electrons. The first-order valence-electron chi connectivity index (χ1n) is 5.46. The smallest absolute Gasteiger partial charge is 0.223 e. The largest absolute Gasteiger partial charge is 0.348 e. The van der Waals surface area contributed by atoms with E-state index in [9.17, 15) is 4.39 Å². The van der Waals surface area contributed by atoms with Gasteiger partial charge in [0.05, 0.1) is 6.04 Å². The quantitative estimate of drug-likeness (QED) is 0.882. The molecule has 0 saturated carbocycles. The molecule has 88 valence electrons. The first kappa shape index (κ1) is 11.5. The Hall–Kier alpha value is -1.97. The molecule has 0 bridgehead atoms. The summed E-state index contributed by atoms with van der Waals surface area (Å²) in [5, 5.41) is 3.12. The molecular formula is C13H14FN3. The van der Waals surface area contributed by atoms with Gasteiger partial charge in [-0.25, -0.2) is 14.4 Å². The second-order valence-corrected chi connectivity index (χ2v) is 4.01. The minimum atomic E-state index is -0.235. The predicted molar refractivity (Wildman–Crippen MR) is 65.2 cm³/mol. The molecule has 4 heteroatoms. The molecule has 17 heavy (non-hydrogen) atoms. The predicted octanol–water partition coefficient (Wildman–Crippen LogP) is 3.10. The summed E-state index contributed by atoms with van der Waals surface area (Å²) in [7, 11) is 0. The van der Waals surface area contributed by atoms with Crippen LogP contribution in [0, 0.1) is 12.7 Å². The van der Waals surface area contributed by atoms with Gasteiger partial charge in [0.25, 0.3) is 0 Å². The standard InChI is InChI=1S/C13H14FN3/c1-9-7-15-13(16-8-9)17-10(2)11-4-3-5-12(14)6-11/h3-8,10H,1-2H3,(H,15,16,17). The molecule has 3 nitrogen and oxygen atoms in total. The van der Waals surface area contributed by atoms with Gasteiger partial charge in [-0.3, -0.25) is 0 Å². The summed E-state index contributed by atoms with van der Waals surface area (Å²) < 4.78 is 13.1. The van der Waals surface area contributed by atoms with Crippen molar-refractivity contribution < 1.29 is 4.39 Å². The van der Waals surface area contributed by atoms with Crippen molar-refractivity contribution in [3.05, 3.63) is 53.6 Å². The van der Waals surface area contributed by atoms with Crippen LogP contribution in [0.1, 0.15) is 24.1 Å². The molecule has 0 spiro atoms. The van der Waals surface area contributed by atoms with Gasteiger partial charge in [-0.1, -0.05) is 12.1 Å². The number of nitrogens with one attached hydrogen (secondary N) is 1. The fraction of sp³-hybridized carbons (Fsp3) is 0.231. The van der Waals surface area contributed by atoms with Crippen LogP contribution in [0.25, 0.3) is 0 Å². The number of rotatable bonds is 3. The summed E-state index contributed by atoms with van der Waals surface area (Å²) in [5.74, 6) is 0.313. The van der Waals surface area contributed by atoms with Gasteiger partial charge in [-0.05, 0) is 37.1 Å². The van der Waals surface area contributed by atoms with Crippen LogP contribution >= 0.6 is 0 Å². The van der Waals surface area contributed by atoms with Gasteiger partial charge in [0, 0.05) is 12.4 Å². The minimum Gasteiger partial charge on any atom is -0.348 e. The molecule has 0 fully saturated rings. The number of halogens is 1. The number of benzene rings is 1. The van der Waals surface area contributed by atoms with Crippen molar-refractivity contribution in [3.8, 4) is 0 Å². The second-order valence-electron chi connectivity index (χ2n) is 4.01. The average molecular weight is 231 g/mol. The zero-order chi connectivity index (χ0) is 12.3. The Morgan fingerprint density at radius 2 is 1.94 bits per heavy atom. The molecule has 0 saturated heterocycles. The van der Waals surface area contributed by atoms with Gasteiger partial charge >= 0.3 is 0 Å². The van der Waals surface area contributed by atoms with Gasteiger partial charge in [0.15, 0.2) is 0 Å². The molecule has 2 aromatic rings. The third kappa shape index (κ3) is 3.00. The molecule has 1 heterocycles.